The molecule has 198 valence electrons. The molecular formula is C28H27ClN2O6S. The van der Waals surface area contributed by atoms with E-state index in [0.29, 0.717) is 52.0 Å². The zero-order valence-electron chi connectivity index (χ0n) is 21.2. The molecule has 38 heavy (non-hydrogen) atoms. The smallest absolute Gasteiger partial charge is 0.231 e. The Morgan fingerprint density at radius 1 is 1.03 bits per heavy atom. The van der Waals surface area contributed by atoms with E-state index in [1.807, 2.05) is 42.5 Å². The van der Waals surface area contributed by atoms with Crippen molar-refractivity contribution in [2.24, 2.45) is 0 Å². The van der Waals surface area contributed by atoms with Crippen LogP contribution in [0.15, 0.2) is 42.5 Å². The Kier molecular flexibility index (Phi) is 6.59. The number of fused-ring (bicyclic) bond motifs is 3. The molecule has 3 aliphatic heterocycles. The first-order chi connectivity index (χ1) is 18.5. The van der Waals surface area contributed by atoms with E-state index in [-0.39, 0.29) is 18.9 Å². The zero-order valence-corrected chi connectivity index (χ0v) is 22.8. The average molecular weight is 555 g/mol. The molecule has 0 saturated heterocycles. The monoisotopic (exact) mass is 554 g/mol. The van der Waals surface area contributed by atoms with Gasteiger partial charge in [0.2, 0.25) is 12.5 Å². The summed E-state index contributed by atoms with van der Waals surface area (Å²) in [5, 5.41) is 4.61. The molecule has 0 spiro atoms. The number of benzene rings is 3. The van der Waals surface area contributed by atoms with Gasteiger partial charge < -0.3 is 38.6 Å². The lowest BCUT2D eigenvalue weighted by Crippen LogP contribution is -2.44. The van der Waals surface area contributed by atoms with Gasteiger partial charge in [-0.25, -0.2) is 0 Å². The molecule has 0 bridgehead atoms. The fourth-order valence-corrected chi connectivity index (χ4v) is 6.01. The van der Waals surface area contributed by atoms with Crippen LogP contribution in [-0.4, -0.2) is 44.7 Å². The zero-order chi connectivity index (χ0) is 26.4. The van der Waals surface area contributed by atoms with Gasteiger partial charge in [0.25, 0.3) is 0 Å². The van der Waals surface area contributed by atoms with E-state index in [4.69, 9.17) is 52.2 Å². The van der Waals surface area contributed by atoms with E-state index in [0.717, 1.165) is 34.4 Å². The summed E-state index contributed by atoms with van der Waals surface area (Å²) in [7, 11) is 4.92. The van der Waals surface area contributed by atoms with Gasteiger partial charge in [-0.1, -0.05) is 17.7 Å². The van der Waals surface area contributed by atoms with Gasteiger partial charge >= 0.3 is 0 Å². The summed E-state index contributed by atoms with van der Waals surface area (Å²) in [6.45, 7) is 1.20. The van der Waals surface area contributed by atoms with Gasteiger partial charge in [0.05, 0.1) is 34.0 Å². The topological polar surface area (TPSA) is 70.7 Å². The maximum Gasteiger partial charge on any atom is 0.231 e. The van der Waals surface area contributed by atoms with Gasteiger partial charge in [-0.05, 0) is 66.2 Å². The molecule has 3 aromatic carbocycles. The van der Waals surface area contributed by atoms with Crippen molar-refractivity contribution in [2.45, 2.75) is 25.2 Å². The molecule has 2 atom stereocenters. The third-order valence-electron chi connectivity index (χ3n) is 7.24. The Bertz CT molecular complexity index is 1400. The maximum absolute atomic E-state index is 6.52. The lowest BCUT2D eigenvalue weighted by molar-refractivity contribution is 0.00837. The van der Waals surface area contributed by atoms with Crippen LogP contribution in [-0.2, 0) is 17.8 Å². The Hall–Kier alpha value is -3.40. The second kappa shape index (κ2) is 10.1. The Balaban J connectivity index is 1.47. The van der Waals surface area contributed by atoms with Gasteiger partial charge in [0, 0.05) is 28.4 Å². The van der Waals surface area contributed by atoms with Gasteiger partial charge in [0.1, 0.15) is 6.10 Å². The van der Waals surface area contributed by atoms with Crippen molar-refractivity contribution in [3.05, 3.63) is 69.7 Å². The van der Waals surface area contributed by atoms with Crippen LogP contribution in [0.5, 0.6) is 28.7 Å². The summed E-state index contributed by atoms with van der Waals surface area (Å²) in [5.74, 6) is 3.26. The van der Waals surface area contributed by atoms with Crippen LogP contribution in [0.1, 0.15) is 34.4 Å². The molecule has 1 N–H and O–H groups in total. The van der Waals surface area contributed by atoms with E-state index in [9.17, 15) is 0 Å². The minimum absolute atomic E-state index is 0.152. The first kappa shape index (κ1) is 24.9. The molecule has 3 aromatic rings. The number of ether oxygens (including phenoxy) is 6. The van der Waals surface area contributed by atoms with Gasteiger partial charge in [-0.15, -0.1) is 0 Å². The first-order valence-corrected chi connectivity index (χ1v) is 13.0. The molecule has 0 amide bonds. The number of hydrogen-bond donors (Lipinski definition) is 1. The van der Waals surface area contributed by atoms with Crippen LogP contribution in [0, 0.1) is 0 Å². The number of nitrogens with one attached hydrogen (secondary N) is 1. The Labute approximate surface area is 231 Å². The molecule has 10 heteroatoms. The highest BCUT2D eigenvalue weighted by Crippen LogP contribution is 2.55. The fourth-order valence-electron chi connectivity index (χ4n) is 5.56. The minimum Gasteiger partial charge on any atom is -0.493 e. The molecule has 0 radical (unpaired) electrons. The molecular weight excluding hydrogens is 528 g/mol. The van der Waals surface area contributed by atoms with Crippen LogP contribution < -0.4 is 29.0 Å². The van der Waals surface area contributed by atoms with E-state index in [2.05, 4.69) is 10.2 Å². The molecule has 0 aromatic heterocycles. The SMILES string of the molecule is COc1ccc2c(c1OC)CO[C@@H]2[C@H]1c2c(cc3c(c2OC)OCO3)CCN1C(=S)Nc1ccc(Cl)cc1. The van der Waals surface area contributed by atoms with Crippen molar-refractivity contribution in [1.82, 2.24) is 4.90 Å². The fraction of sp³-hybridized carbons (Fsp3) is 0.321. The van der Waals surface area contributed by atoms with Crippen molar-refractivity contribution in [2.75, 3.05) is 40.0 Å². The molecule has 8 nitrogen and oxygen atoms in total. The first-order valence-electron chi connectivity index (χ1n) is 12.2. The third kappa shape index (κ3) is 4.05. The van der Waals surface area contributed by atoms with Crippen molar-refractivity contribution < 1.29 is 28.4 Å². The number of thiocarbonyl (C=S) groups is 1. The van der Waals surface area contributed by atoms with E-state index >= 15 is 0 Å². The molecule has 3 heterocycles. The lowest BCUT2D eigenvalue weighted by atomic mass is 9.85. The van der Waals surface area contributed by atoms with Crippen LogP contribution in [0.3, 0.4) is 0 Å². The summed E-state index contributed by atoms with van der Waals surface area (Å²) < 4.78 is 35.3. The number of halogens is 1. The highest BCUT2D eigenvalue weighted by Gasteiger charge is 2.44. The lowest BCUT2D eigenvalue weighted by Gasteiger charge is -2.42. The summed E-state index contributed by atoms with van der Waals surface area (Å²) >= 11 is 12.1. The number of hydrogen-bond acceptors (Lipinski definition) is 7. The number of nitrogens with zero attached hydrogens (tertiary/aromatic N) is 1. The van der Waals surface area contributed by atoms with Gasteiger partial charge in [0.15, 0.2) is 28.1 Å². The van der Waals surface area contributed by atoms with Gasteiger partial charge in [-0.3, -0.25) is 0 Å². The van der Waals surface area contributed by atoms with Crippen molar-refractivity contribution >= 4 is 34.6 Å². The minimum atomic E-state index is -0.358. The predicted octanol–water partition coefficient (Wildman–Crippen LogP) is 5.66. The molecule has 0 aliphatic carbocycles. The second-order valence-corrected chi connectivity index (χ2v) is 9.97. The normalized spacial score (nSPS) is 19.0. The molecule has 0 unspecified atom stereocenters. The summed E-state index contributed by atoms with van der Waals surface area (Å²) in [6, 6.07) is 13.1. The predicted molar refractivity (Wildman–Crippen MR) is 147 cm³/mol. The highest BCUT2D eigenvalue weighted by atomic mass is 35.5. The Morgan fingerprint density at radius 2 is 1.82 bits per heavy atom. The van der Waals surface area contributed by atoms with Crippen LogP contribution in [0.25, 0.3) is 0 Å². The van der Waals surface area contributed by atoms with Crippen LogP contribution in [0.4, 0.5) is 5.69 Å². The number of methoxy groups -OCH3 is 3. The highest BCUT2D eigenvalue weighted by molar-refractivity contribution is 7.80. The summed E-state index contributed by atoms with van der Waals surface area (Å²) in [6.07, 6.45) is 0.385. The molecule has 3 aliphatic rings. The number of anilines is 1. The van der Waals surface area contributed by atoms with Crippen molar-refractivity contribution in [3.63, 3.8) is 0 Å². The van der Waals surface area contributed by atoms with Crippen LogP contribution >= 0.6 is 23.8 Å². The average Bonchev–Trinajstić information content (AvgIpc) is 3.58. The Morgan fingerprint density at radius 3 is 2.55 bits per heavy atom. The second-order valence-electron chi connectivity index (χ2n) is 9.14. The molecule has 0 saturated carbocycles. The van der Waals surface area contributed by atoms with E-state index in [1.165, 1.54) is 0 Å². The molecule has 6 rings (SSSR count). The standard InChI is InChI=1S/C28H27ClN2O6S/c1-32-20-9-8-18-19(24(20)33-2)13-35-25(18)23-22-15(12-21-26(27(22)34-3)37-14-36-21)10-11-31(23)28(38)30-17-6-4-16(29)5-7-17/h4-9,12,23,25H,10-11,13-14H2,1-3H3,(H,30,38)/t23-,25+/m1/s1. The summed E-state index contributed by atoms with van der Waals surface area (Å²) in [5.41, 5.74) is 4.90. The molecule has 0 fully saturated rings. The summed E-state index contributed by atoms with van der Waals surface area (Å²) in [4.78, 5) is 2.16. The van der Waals surface area contributed by atoms with Crippen LogP contribution in [0.2, 0.25) is 5.02 Å². The van der Waals surface area contributed by atoms with Gasteiger partial charge in [-0.2, -0.15) is 0 Å². The van der Waals surface area contributed by atoms with E-state index < -0.39 is 0 Å². The number of rotatable bonds is 5. The van der Waals surface area contributed by atoms with E-state index in [1.54, 1.807) is 21.3 Å². The van der Waals surface area contributed by atoms with Crippen molar-refractivity contribution in [3.8, 4) is 28.7 Å². The third-order valence-corrected chi connectivity index (χ3v) is 7.83. The quantitative estimate of drug-likeness (QED) is 0.402. The van der Waals surface area contributed by atoms with Crippen molar-refractivity contribution in [1.29, 1.82) is 0 Å². The maximum atomic E-state index is 6.52. The largest absolute Gasteiger partial charge is 0.493 e.